The number of benzene rings is 12. The Bertz CT molecular complexity index is 4570. The van der Waals surface area contributed by atoms with Crippen molar-refractivity contribution in [1.82, 2.24) is 0 Å². The fraction of sp³-hybridized carbons (Fsp3) is 0.0390. The van der Waals surface area contributed by atoms with Gasteiger partial charge in [0.05, 0.1) is 23.3 Å². The van der Waals surface area contributed by atoms with Crippen LogP contribution in [0.5, 0.6) is 34.5 Å². The van der Waals surface area contributed by atoms with Crippen LogP contribution in [0.3, 0.4) is 0 Å². The van der Waals surface area contributed by atoms with Gasteiger partial charge in [0.25, 0.3) is 0 Å². The molecule has 0 unspecified atom stereocenters. The van der Waals surface area contributed by atoms with Gasteiger partial charge in [-0.05, 0) is 190 Å². The Morgan fingerprint density at radius 1 is 0.221 bits per heavy atom. The van der Waals surface area contributed by atoms with Gasteiger partial charge in [0, 0.05) is 46.5 Å². The van der Waals surface area contributed by atoms with Gasteiger partial charge in [-0.1, -0.05) is 84.9 Å². The highest BCUT2D eigenvalue weighted by Gasteiger charge is 2.16. The first kappa shape index (κ1) is 65.7. The van der Waals surface area contributed by atoms with Gasteiger partial charge >= 0.3 is 0 Å². The van der Waals surface area contributed by atoms with Gasteiger partial charge in [0.2, 0.25) is 20.4 Å². The molecule has 12 rings (SSSR count). The Labute approximate surface area is 538 Å². The lowest BCUT2D eigenvalue weighted by Gasteiger charge is -2.11. The minimum Gasteiger partial charge on any atom is -0.458 e. The van der Waals surface area contributed by atoms with Crippen LogP contribution in [0, 0.1) is 80.8 Å². The number of nitriles is 2. The first-order valence-electron chi connectivity index (χ1n) is 28.7. The summed E-state index contributed by atoms with van der Waals surface area (Å²) in [6.45, 7) is -0.537. The summed E-state index contributed by atoms with van der Waals surface area (Å²) >= 11 is 0. The van der Waals surface area contributed by atoms with Crippen molar-refractivity contribution in [2.45, 2.75) is 0 Å². The number of rotatable bonds is 18. The molecule has 0 aromatic heterocycles. The molecular weight excluding hydrogens is 1240 g/mol. The van der Waals surface area contributed by atoms with E-state index in [1.807, 2.05) is 60.7 Å². The molecule has 8 nitrogen and oxygen atoms in total. The van der Waals surface area contributed by atoms with Crippen LogP contribution in [-0.2, 0) is 0 Å². The molecule has 0 heterocycles. The summed E-state index contributed by atoms with van der Waals surface area (Å²) in [6, 6.07) is 68.2. The Morgan fingerprint density at radius 2 is 0.442 bits per heavy atom. The van der Waals surface area contributed by atoms with Gasteiger partial charge < -0.3 is 28.4 Å². The van der Waals surface area contributed by atoms with Crippen LogP contribution in [0.1, 0.15) is 11.1 Å². The summed E-state index contributed by atoms with van der Waals surface area (Å²) in [5, 5.41) is 17.7. The third kappa shape index (κ3) is 17.6. The zero-order valence-electron chi connectivity index (χ0n) is 49.5. The molecule has 18 heteroatoms. The van der Waals surface area contributed by atoms with Crippen LogP contribution in [0.15, 0.2) is 255 Å². The molecule has 0 atom stereocenters. The van der Waals surface area contributed by atoms with Crippen molar-refractivity contribution < 1.29 is 72.3 Å². The average Bonchev–Trinajstić information content (AvgIpc) is 1.08. The second-order valence-corrected chi connectivity index (χ2v) is 20.5. The summed E-state index contributed by atoms with van der Waals surface area (Å²) in [7, 11) is 0. The molecule has 0 aliphatic carbocycles. The highest BCUT2D eigenvalue weighted by Crippen LogP contribution is 2.33. The summed E-state index contributed by atoms with van der Waals surface area (Å²) in [4.78, 5) is 0. The topological polar surface area (TPSA) is 103 Å². The van der Waals surface area contributed by atoms with E-state index in [-0.39, 0.29) is 54.6 Å². The smallest absolute Gasteiger partial charge is 0.230 e. The van der Waals surface area contributed by atoms with Crippen molar-refractivity contribution in [2.75, 3.05) is 20.4 Å². The Kier molecular flexibility index (Phi) is 21.5. The quantitative estimate of drug-likeness (QED) is 0.0475. The molecule has 472 valence electrons. The lowest BCUT2D eigenvalue weighted by Crippen LogP contribution is -2.06. The van der Waals surface area contributed by atoms with Gasteiger partial charge in [0.1, 0.15) is 75.2 Å². The van der Waals surface area contributed by atoms with Crippen molar-refractivity contribution >= 4 is 0 Å². The van der Waals surface area contributed by atoms with Crippen molar-refractivity contribution in [1.29, 1.82) is 10.5 Å². The number of hydrogen-bond acceptors (Lipinski definition) is 8. The minimum atomic E-state index is -1.61. The van der Waals surface area contributed by atoms with E-state index < -0.39 is 52.4 Å². The predicted molar refractivity (Wildman–Crippen MR) is 339 cm³/mol. The summed E-state index contributed by atoms with van der Waals surface area (Å²) in [5.41, 5.74) is 7.52. The summed E-state index contributed by atoms with van der Waals surface area (Å²) < 4.78 is 169. The van der Waals surface area contributed by atoms with Gasteiger partial charge in [-0.15, -0.1) is 0 Å². The lowest BCUT2D eigenvalue weighted by atomic mass is 10.0. The van der Waals surface area contributed by atoms with Crippen LogP contribution in [0.25, 0.3) is 66.8 Å². The average molecular weight is 1290 g/mol. The zero-order valence-corrected chi connectivity index (χ0v) is 49.5. The zero-order chi connectivity index (χ0) is 66.8. The van der Waals surface area contributed by atoms with Gasteiger partial charge in [0.15, 0.2) is 17.5 Å². The van der Waals surface area contributed by atoms with E-state index in [1.165, 1.54) is 115 Å². The first-order chi connectivity index (χ1) is 46.0. The van der Waals surface area contributed by atoms with Crippen LogP contribution < -0.4 is 28.4 Å². The maximum atomic E-state index is 14.4. The predicted octanol–water partition coefficient (Wildman–Crippen LogP) is 20.4. The van der Waals surface area contributed by atoms with Crippen molar-refractivity contribution in [3.63, 3.8) is 0 Å². The molecule has 0 spiro atoms. The molecule has 0 aliphatic heterocycles. The number of hydrogen-bond donors (Lipinski definition) is 0. The van der Waals surface area contributed by atoms with Crippen LogP contribution in [0.4, 0.5) is 43.9 Å². The van der Waals surface area contributed by atoms with Gasteiger partial charge in [-0.2, -0.15) is 10.5 Å². The molecule has 0 N–H and O–H groups in total. The molecule has 0 radical (unpaired) electrons. The number of halogens is 10. The molecular formula is C77H48F10N2O6. The molecule has 0 amide bonds. The van der Waals surface area contributed by atoms with E-state index in [0.717, 1.165) is 40.5 Å². The van der Waals surface area contributed by atoms with Crippen molar-refractivity contribution in [3.8, 4) is 113 Å². The number of ether oxygens (including phenoxy) is 6. The Hall–Kier alpha value is -12.3. The Morgan fingerprint density at radius 3 is 0.695 bits per heavy atom. The molecule has 0 saturated carbocycles. The second-order valence-electron chi connectivity index (χ2n) is 20.5. The molecule has 0 saturated heterocycles. The van der Waals surface area contributed by atoms with Crippen LogP contribution in [-0.4, -0.2) is 20.4 Å². The Balaban J connectivity index is 0.000000155. The second kappa shape index (κ2) is 31.2. The molecule has 12 aromatic carbocycles. The number of nitrogens with zero attached hydrogens (tertiary/aromatic N) is 2. The summed E-state index contributed by atoms with van der Waals surface area (Å²) in [6.07, 6.45) is 0. The minimum absolute atomic E-state index is 0.0778. The third-order valence-corrected chi connectivity index (χ3v) is 14.3. The van der Waals surface area contributed by atoms with E-state index in [1.54, 1.807) is 60.7 Å². The van der Waals surface area contributed by atoms with E-state index in [4.69, 9.17) is 38.9 Å². The lowest BCUT2D eigenvalue weighted by molar-refractivity contribution is 0.119. The van der Waals surface area contributed by atoms with Gasteiger partial charge in [-0.3, -0.25) is 0 Å². The summed E-state index contributed by atoms with van der Waals surface area (Å²) in [5.74, 6) is -5.81. The third-order valence-electron chi connectivity index (χ3n) is 14.3. The monoisotopic (exact) mass is 1290 g/mol. The maximum Gasteiger partial charge on any atom is 0.230 e. The maximum absolute atomic E-state index is 14.4. The van der Waals surface area contributed by atoms with E-state index in [0.29, 0.717) is 61.8 Å². The van der Waals surface area contributed by atoms with Gasteiger partial charge in [-0.25, -0.2) is 43.9 Å². The standard InChI is InChI=1S/C26H15F4NO2.C26H17F2NO2.C25H16F4O2/c27-23-13-21(9-10-22(23)19-11-24(28)26(30)25(29)12-19)33-15-32-20-7-5-18(6-8-20)17-3-1-16(14-31)2-4-17;27-22-9-5-21(6-10-22)25-14-13-24(15-26(25)28)31-17-30-23-11-7-20(8-12-23)19-3-1-18(16-29)2-4-19;26-18-5-1-16(2-6-18)22-11-9-20(13-24(22)28)30-15-31-21-10-12-23(25(29)14-21)17-3-7-19(27)8-4-17/h1-13H,15H2;1-15H,17H2;1-14H,15H2. The fourth-order valence-corrected chi connectivity index (χ4v) is 9.34. The fourth-order valence-electron chi connectivity index (χ4n) is 9.34. The van der Waals surface area contributed by atoms with Crippen LogP contribution >= 0.6 is 0 Å². The largest absolute Gasteiger partial charge is 0.458 e. The first-order valence-corrected chi connectivity index (χ1v) is 28.7. The molecule has 0 aliphatic rings. The van der Waals surface area contributed by atoms with Crippen molar-refractivity contribution in [3.05, 3.63) is 324 Å². The highest BCUT2D eigenvalue weighted by atomic mass is 19.2. The highest BCUT2D eigenvalue weighted by molar-refractivity contribution is 5.70. The van der Waals surface area contributed by atoms with E-state index in [9.17, 15) is 43.9 Å². The SMILES string of the molecule is Fc1ccc(-c2ccc(OCOc3ccc(-c4ccc(F)cc4)c(F)c3)cc2F)cc1.N#Cc1ccc(-c2ccc(OCOc3ccc(-c4cc(F)c(F)c(F)c4)c(F)c3)cc2)cc1.N#Cc1ccc(-c2ccc(OCOc3ccc(-c4ccc(F)cc4)c(F)c3)cc2)cc1. The van der Waals surface area contributed by atoms with Crippen molar-refractivity contribution in [2.24, 2.45) is 0 Å². The van der Waals surface area contributed by atoms with E-state index >= 15 is 0 Å². The molecule has 95 heavy (non-hydrogen) atoms. The molecule has 0 bridgehead atoms. The van der Waals surface area contributed by atoms with Crippen LogP contribution in [0.2, 0.25) is 0 Å². The molecule has 12 aromatic rings. The van der Waals surface area contributed by atoms with E-state index in [2.05, 4.69) is 12.1 Å². The normalized spacial score (nSPS) is 10.5. The molecule has 0 fully saturated rings.